The Balaban J connectivity index is 1.89. The fourth-order valence-corrected chi connectivity index (χ4v) is 2.63. The lowest BCUT2D eigenvalue weighted by Crippen LogP contribution is -2.11. The minimum atomic E-state index is 0.328. The van der Waals surface area contributed by atoms with Gasteiger partial charge >= 0.3 is 0 Å². The van der Waals surface area contributed by atoms with E-state index >= 15 is 0 Å². The van der Waals surface area contributed by atoms with E-state index in [2.05, 4.69) is 68.1 Å². The zero-order chi connectivity index (χ0) is 14.9. The van der Waals surface area contributed by atoms with Gasteiger partial charge < -0.3 is 4.74 Å². The molecule has 0 fully saturated rings. The summed E-state index contributed by atoms with van der Waals surface area (Å²) in [6, 6.07) is 18.9. The topological polar surface area (TPSA) is 9.23 Å². The van der Waals surface area contributed by atoms with Crippen LogP contribution in [0.5, 0.6) is 5.75 Å². The Morgan fingerprint density at radius 1 is 1.00 bits per heavy atom. The van der Waals surface area contributed by atoms with Crippen molar-refractivity contribution in [2.24, 2.45) is 0 Å². The van der Waals surface area contributed by atoms with Crippen LogP contribution in [-0.2, 0) is 6.42 Å². The Kier molecular flexibility index (Phi) is 6.68. The summed E-state index contributed by atoms with van der Waals surface area (Å²) in [6.07, 6.45) is 3.63. The average Bonchev–Trinajstić information content (AvgIpc) is 2.55. The molecule has 0 aromatic heterocycles. The second kappa shape index (κ2) is 8.78. The molecular weight excluding hydrogens is 276 g/mol. The number of aryl methyl sites for hydroxylation is 1. The van der Waals surface area contributed by atoms with Crippen LogP contribution in [0.15, 0.2) is 54.6 Å². The first-order valence-corrected chi connectivity index (χ1v) is 8.34. The van der Waals surface area contributed by atoms with Crippen molar-refractivity contribution in [1.82, 2.24) is 0 Å². The molecule has 0 amide bonds. The molecule has 1 atom stereocenters. The molecule has 0 saturated heterocycles. The lowest BCUT2D eigenvalue weighted by molar-refractivity contribution is 0.297. The number of ether oxygens (including phenoxy) is 1. The molecule has 0 heterocycles. The number of benzene rings is 2. The zero-order valence-corrected chi connectivity index (χ0v) is 13.6. The number of hydrogen-bond donors (Lipinski definition) is 1. The summed E-state index contributed by atoms with van der Waals surface area (Å²) in [7, 11) is 0. The first kappa shape index (κ1) is 16.0. The van der Waals surface area contributed by atoms with Gasteiger partial charge in [0.25, 0.3) is 0 Å². The van der Waals surface area contributed by atoms with E-state index in [1.165, 1.54) is 24.0 Å². The summed E-state index contributed by atoms with van der Waals surface area (Å²) in [5.41, 5.74) is 2.67. The van der Waals surface area contributed by atoms with Crippen molar-refractivity contribution in [2.45, 2.75) is 32.1 Å². The molecule has 2 aromatic rings. The molecular formula is C19H24OS. The molecule has 0 saturated carbocycles. The first-order chi connectivity index (χ1) is 10.3. The van der Waals surface area contributed by atoms with Crippen LogP contribution in [0.2, 0.25) is 0 Å². The van der Waals surface area contributed by atoms with E-state index in [1.807, 2.05) is 6.07 Å². The molecule has 0 N–H and O–H groups in total. The summed E-state index contributed by atoms with van der Waals surface area (Å²) in [5.74, 6) is 2.06. The molecule has 1 nitrogen and oxygen atoms in total. The second-order valence-electron chi connectivity index (χ2n) is 5.35. The highest BCUT2D eigenvalue weighted by atomic mass is 32.1. The molecule has 2 rings (SSSR count). The maximum atomic E-state index is 5.92. The van der Waals surface area contributed by atoms with Gasteiger partial charge in [-0.2, -0.15) is 12.6 Å². The van der Waals surface area contributed by atoms with E-state index < -0.39 is 0 Å². The van der Waals surface area contributed by atoms with Gasteiger partial charge in [0.2, 0.25) is 0 Å². The summed E-state index contributed by atoms with van der Waals surface area (Å²) in [5, 5.41) is 0. The SMILES string of the molecule is CCCCc1ccc(OCC(CS)c2ccccc2)cc1. The van der Waals surface area contributed by atoms with Crippen molar-refractivity contribution < 1.29 is 4.74 Å². The van der Waals surface area contributed by atoms with Crippen LogP contribution in [-0.4, -0.2) is 12.4 Å². The number of hydrogen-bond acceptors (Lipinski definition) is 2. The number of thiol groups is 1. The third kappa shape index (κ3) is 5.13. The molecule has 0 radical (unpaired) electrons. The molecule has 2 heteroatoms. The Morgan fingerprint density at radius 2 is 1.71 bits per heavy atom. The summed E-state index contributed by atoms with van der Waals surface area (Å²) in [4.78, 5) is 0. The van der Waals surface area contributed by atoms with Crippen molar-refractivity contribution in [3.05, 3.63) is 65.7 Å². The van der Waals surface area contributed by atoms with Crippen LogP contribution in [0.25, 0.3) is 0 Å². The van der Waals surface area contributed by atoms with Gasteiger partial charge in [-0.25, -0.2) is 0 Å². The largest absolute Gasteiger partial charge is 0.493 e. The Hall–Kier alpha value is -1.41. The van der Waals surface area contributed by atoms with E-state index in [-0.39, 0.29) is 0 Å². The van der Waals surface area contributed by atoms with Gasteiger partial charge in [-0.1, -0.05) is 55.8 Å². The third-order valence-electron chi connectivity index (χ3n) is 3.68. The number of unbranched alkanes of at least 4 members (excludes halogenated alkanes) is 1. The van der Waals surface area contributed by atoms with Crippen LogP contribution < -0.4 is 4.74 Å². The van der Waals surface area contributed by atoms with E-state index in [9.17, 15) is 0 Å². The molecule has 0 aliphatic rings. The smallest absolute Gasteiger partial charge is 0.119 e. The molecule has 0 aliphatic carbocycles. The van der Waals surface area contributed by atoms with Gasteiger partial charge in [-0.15, -0.1) is 0 Å². The molecule has 2 aromatic carbocycles. The zero-order valence-electron chi connectivity index (χ0n) is 12.7. The Bertz CT molecular complexity index is 507. The summed E-state index contributed by atoms with van der Waals surface area (Å²) < 4.78 is 5.92. The van der Waals surface area contributed by atoms with Crippen LogP contribution in [0, 0.1) is 0 Å². The van der Waals surface area contributed by atoms with E-state index in [1.54, 1.807) is 0 Å². The monoisotopic (exact) mass is 300 g/mol. The van der Waals surface area contributed by atoms with E-state index in [0.717, 1.165) is 17.9 Å². The van der Waals surface area contributed by atoms with Gasteiger partial charge in [-0.05, 0) is 36.1 Å². The molecule has 0 spiro atoms. The molecule has 1 unspecified atom stereocenters. The van der Waals surface area contributed by atoms with Gasteiger partial charge in [-0.3, -0.25) is 0 Å². The summed E-state index contributed by atoms with van der Waals surface area (Å²) >= 11 is 4.45. The molecule has 21 heavy (non-hydrogen) atoms. The minimum absolute atomic E-state index is 0.328. The fourth-order valence-electron chi connectivity index (χ4n) is 2.31. The maximum Gasteiger partial charge on any atom is 0.119 e. The van der Waals surface area contributed by atoms with Crippen molar-refractivity contribution in [1.29, 1.82) is 0 Å². The van der Waals surface area contributed by atoms with Crippen LogP contribution in [0.3, 0.4) is 0 Å². The average molecular weight is 300 g/mol. The highest BCUT2D eigenvalue weighted by Gasteiger charge is 2.10. The van der Waals surface area contributed by atoms with Crippen LogP contribution >= 0.6 is 12.6 Å². The minimum Gasteiger partial charge on any atom is -0.493 e. The van der Waals surface area contributed by atoms with Crippen molar-refractivity contribution >= 4 is 12.6 Å². The standard InChI is InChI=1S/C19H24OS/c1-2-3-7-16-10-12-19(13-11-16)20-14-18(15-21)17-8-5-4-6-9-17/h4-6,8-13,18,21H,2-3,7,14-15H2,1H3. The van der Waals surface area contributed by atoms with Gasteiger partial charge in [0.15, 0.2) is 0 Å². The predicted octanol–water partition coefficient (Wildman–Crippen LogP) is 5.12. The highest BCUT2D eigenvalue weighted by Crippen LogP contribution is 2.20. The molecule has 0 aliphatic heterocycles. The predicted molar refractivity (Wildman–Crippen MR) is 93.6 cm³/mol. The highest BCUT2D eigenvalue weighted by molar-refractivity contribution is 7.80. The quantitative estimate of drug-likeness (QED) is 0.666. The van der Waals surface area contributed by atoms with Crippen LogP contribution in [0.1, 0.15) is 36.8 Å². The van der Waals surface area contributed by atoms with Gasteiger partial charge in [0, 0.05) is 11.7 Å². The van der Waals surface area contributed by atoms with E-state index in [0.29, 0.717) is 12.5 Å². The van der Waals surface area contributed by atoms with Gasteiger partial charge in [0.05, 0.1) is 6.61 Å². The van der Waals surface area contributed by atoms with E-state index in [4.69, 9.17) is 4.74 Å². The fraction of sp³-hybridized carbons (Fsp3) is 0.368. The lowest BCUT2D eigenvalue weighted by atomic mass is 10.0. The summed E-state index contributed by atoms with van der Waals surface area (Å²) in [6.45, 7) is 2.89. The number of rotatable bonds is 8. The Labute approximate surface area is 133 Å². The Morgan fingerprint density at radius 3 is 2.33 bits per heavy atom. The van der Waals surface area contributed by atoms with Crippen molar-refractivity contribution in [3.63, 3.8) is 0 Å². The first-order valence-electron chi connectivity index (χ1n) is 7.71. The van der Waals surface area contributed by atoms with Crippen LogP contribution in [0.4, 0.5) is 0 Å². The second-order valence-corrected chi connectivity index (χ2v) is 5.71. The molecule has 112 valence electrons. The molecule has 0 bridgehead atoms. The van der Waals surface area contributed by atoms with Gasteiger partial charge in [0.1, 0.15) is 5.75 Å². The van der Waals surface area contributed by atoms with Crippen molar-refractivity contribution in [2.75, 3.05) is 12.4 Å². The van der Waals surface area contributed by atoms with Crippen molar-refractivity contribution in [3.8, 4) is 5.75 Å². The third-order valence-corrected chi connectivity index (χ3v) is 4.13. The lowest BCUT2D eigenvalue weighted by Gasteiger charge is -2.16. The normalized spacial score (nSPS) is 12.1. The maximum absolute atomic E-state index is 5.92.